The van der Waals surface area contributed by atoms with E-state index in [0.29, 0.717) is 31.0 Å². The third-order valence-corrected chi connectivity index (χ3v) is 5.61. The van der Waals surface area contributed by atoms with Crippen LogP contribution in [0.15, 0.2) is 48.5 Å². The fraction of sp³-hybridized carbons (Fsp3) is 0.391. The quantitative estimate of drug-likeness (QED) is 0.836. The molecule has 152 valence electrons. The molecule has 2 aromatic carbocycles. The summed E-state index contributed by atoms with van der Waals surface area (Å²) in [6.45, 7) is 3.59. The van der Waals surface area contributed by atoms with Gasteiger partial charge in [-0.2, -0.15) is 0 Å². The van der Waals surface area contributed by atoms with Crippen molar-refractivity contribution in [2.24, 2.45) is 5.92 Å². The van der Waals surface area contributed by atoms with Crippen LogP contribution in [0.4, 0.5) is 10.1 Å². The molecule has 6 heteroatoms. The number of hydrogen-bond donors (Lipinski definition) is 1. The van der Waals surface area contributed by atoms with Crippen molar-refractivity contribution >= 4 is 17.5 Å². The summed E-state index contributed by atoms with van der Waals surface area (Å²) in [5.41, 5.74) is 1.96. The van der Waals surface area contributed by atoms with Crippen molar-refractivity contribution in [3.8, 4) is 0 Å². The highest BCUT2D eigenvalue weighted by Gasteiger charge is 2.37. The Labute approximate surface area is 169 Å². The monoisotopic (exact) mass is 396 g/mol. The molecule has 0 aromatic heterocycles. The Morgan fingerprint density at radius 1 is 1.17 bits per heavy atom. The molecule has 2 unspecified atom stereocenters. The van der Waals surface area contributed by atoms with E-state index >= 15 is 0 Å². The summed E-state index contributed by atoms with van der Waals surface area (Å²) in [7, 11) is 0. The number of nitrogens with one attached hydrogen (secondary N) is 1. The van der Waals surface area contributed by atoms with E-state index in [1.165, 1.54) is 12.1 Å². The van der Waals surface area contributed by atoms with Crippen molar-refractivity contribution in [3.63, 3.8) is 0 Å². The average Bonchev–Trinajstić information content (AvgIpc) is 3.55. The molecule has 1 saturated heterocycles. The van der Waals surface area contributed by atoms with Crippen molar-refractivity contribution in [1.82, 2.24) is 4.90 Å². The Hall–Kier alpha value is -2.73. The minimum Gasteiger partial charge on any atom is -0.377 e. The summed E-state index contributed by atoms with van der Waals surface area (Å²) in [6.07, 6.45) is 1.98. The predicted molar refractivity (Wildman–Crippen MR) is 108 cm³/mol. The van der Waals surface area contributed by atoms with Crippen LogP contribution in [0.25, 0.3) is 0 Å². The maximum Gasteiger partial charge on any atom is 0.254 e. The van der Waals surface area contributed by atoms with E-state index in [4.69, 9.17) is 4.74 Å². The number of halogens is 1. The molecular formula is C23H25FN2O3. The molecule has 4 rings (SSSR count). The minimum absolute atomic E-state index is 0.0206. The number of anilines is 1. The summed E-state index contributed by atoms with van der Waals surface area (Å²) in [5, 5.41) is 2.96. The number of rotatable bonds is 5. The van der Waals surface area contributed by atoms with Gasteiger partial charge in [0.25, 0.3) is 5.91 Å². The minimum atomic E-state index is -0.313. The van der Waals surface area contributed by atoms with Crippen LogP contribution in [0, 0.1) is 11.7 Å². The van der Waals surface area contributed by atoms with E-state index in [2.05, 4.69) is 5.32 Å². The van der Waals surface area contributed by atoms with Crippen LogP contribution in [0.5, 0.6) is 0 Å². The highest BCUT2D eigenvalue weighted by atomic mass is 19.1. The SMILES string of the molecule is CC1COCCN1C(=O)c1cccc(NC(=O)C(c2ccc(F)cc2)C2CC2)c1. The van der Waals surface area contributed by atoms with E-state index in [9.17, 15) is 14.0 Å². The molecule has 0 spiro atoms. The van der Waals surface area contributed by atoms with Crippen molar-refractivity contribution in [2.75, 3.05) is 25.1 Å². The zero-order valence-corrected chi connectivity index (χ0v) is 16.4. The summed E-state index contributed by atoms with van der Waals surface area (Å²) in [4.78, 5) is 27.7. The van der Waals surface area contributed by atoms with E-state index < -0.39 is 0 Å². The van der Waals surface area contributed by atoms with Gasteiger partial charge < -0.3 is 15.0 Å². The first-order chi connectivity index (χ1) is 14.0. The number of carbonyl (C=O) groups excluding carboxylic acids is 2. The zero-order chi connectivity index (χ0) is 20.4. The zero-order valence-electron chi connectivity index (χ0n) is 16.4. The summed E-state index contributed by atoms with van der Waals surface area (Å²) in [6, 6.07) is 13.2. The van der Waals surface area contributed by atoms with Crippen LogP contribution in [0.2, 0.25) is 0 Å². The third-order valence-electron chi connectivity index (χ3n) is 5.61. The number of ether oxygens (including phenoxy) is 1. The number of amides is 2. The van der Waals surface area contributed by atoms with Crippen LogP contribution >= 0.6 is 0 Å². The van der Waals surface area contributed by atoms with Crippen molar-refractivity contribution in [3.05, 3.63) is 65.5 Å². The van der Waals surface area contributed by atoms with Gasteiger partial charge in [-0.1, -0.05) is 18.2 Å². The first kappa shape index (κ1) is 19.6. The van der Waals surface area contributed by atoms with Gasteiger partial charge in [0, 0.05) is 17.8 Å². The smallest absolute Gasteiger partial charge is 0.254 e. The molecule has 0 radical (unpaired) electrons. The highest BCUT2D eigenvalue weighted by Crippen LogP contribution is 2.43. The van der Waals surface area contributed by atoms with Crippen LogP contribution in [-0.2, 0) is 9.53 Å². The van der Waals surface area contributed by atoms with Crippen molar-refractivity contribution in [1.29, 1.82) is 0 Å². The second-order valence-corrected chi connectivity index (χ2v) is 7.86. The van der Waals surface area contributed by atoms with Crippen LogP contribution in [0.1, 0.15) is 41.6 Å². The van der Waals surface area contributed by atoms with Gasteiger partial charge in [0.15, 0.2) is 0 Å². The fourth-order valence-electron chi connectivity index (χ4n) is 3.88. The Kier molecular flexibility index (Phi) is 5.62. The van der Waals surface area contributed by atoms with Gasteiger partial charge in [0.05, 0.1) is 25.2 Å². The fourth-order valence-corrected chi connectivity index (χ4v) is 3.88. The number of hydrogen-bond acceptors (Lipinski definition) is 3. The maximum atomic E-state index is 13.3. The average molecular weight is 396 g/mol. The molecule has 2 atom stereocenters. The molecule has 1 N–H and O–H groups in total. The van der Waals surface area contributed by atoms with E-state index in [-0.39, 0.29) is 35.5 Å². The van der Waals surface area contributed by atoms with Gasteiger partial charge in [-0.3, -0.25) is 9.59 Å². The topological polar surface area (TPSA) is 58.6 Å². The molecule has 29 heavy (non-hydrogen) atoms. The van der Waals surface area contributed by atoms with Crippen LogP contribution < -0.4 is 5.32 Å². The second-order valence-electron chi connectivity index (χ2n) is 7.86. The molecule has 2 amide bonds. The maximum absolute atomic E-state index is 13.3. The molecule has 2 fully saturated rings. The molecule has 1 aliphatic heterocycles. The number of benzene rings is 2. The van der Waals surface area contributed by atoms with Gasteiger partial charge in [0.2, 0.25) is 5.91 Å². The molecule has 1 heterocycles. The van der Waals surface area contributed by atoms with Gasteiger partial charge in [-0.15, -0.1) is 0 Å². The Balaban J connectivity index is 1.50. The molecule has 2 aromatic rings. The molecule has 2 aliphatic rings. The second kappa shape index (κ2) is 8.33. The van der Waals surface area contributed by atoms with Gasteiger partial charge in [0.1, 0.15) is 5.82 Å². The molecule has 5 nitrogen and oxygen atoms in total. The van der Waals surface area contributed by atoms with Crippen LogP contribution in [-0.4, -0.2) is 42.5 Å². The predicted octanol–water partition coefficient (Wildman–Crippen LogP) is 3.82. The first-order valence-corrected chi connectivity index (χ1v) is 10.1. The molecular weight excluding hydrogens is 371 g/mol. The largest absolute Gasteiger partial charge is 0.377 e. The summed E-state index contributed by atoms with van der Waals surface area (Å²) < 4.78 is 18.7. The van der Waals surface area contributed by atoms with Crippen LogP contribution in [0.3, 0.4) is 0 Å². The normalized spacial score (nSPS) is 20.2. The number of carbonyl (C=O) groups is 2. The van der Waals surface area contributed by atoms with Gasteiger partial charge in [-0.05, 0) is 61.6 Å². The van der Waals surface area contributed by atoms with Crippen molar-refractivity contribution < 1.29 is 18.7 Å². The summed E-state index contributed by atoms with van der Waals surface area (Å²) >= 11 is 0. The van der Waals surface area contributed by atoms with E-state index in [0.717, 1.165) is 18.4 Å². The number of nitrogens with zero attached hydrogens (tertiary/aromatic N) is 1. The Bertz CT molecular complexity index is 895. The lowest BCUT2D eigenvalue weighted by molar-refractivity contribution is -0.118. The molecule has 1 saturated carbocycles. The summed E-state index contributed by atoms with van der Waals surface area (Å²) in [5.74, 6) is -0.529. The standard InChI is InChI=1S/C23H25FN2O3/c1-15-14-29-12-11-26(15)23(28)18-3-2-4-20(13-18)25-22(27)21(16-5-6-16)17-7-9-19(24)10-8-17/h2-4,7-10,13,15-16,21H,5-6,11-12,14H2,1H3,(H,25,27). The lowest BCUT2D eigenvalue weighted by Crippen LogP contribution is -2.47. The molecule has 1 aliphatic carbocycles. The highest BCUT2D eigenvalue weighted by molar-refractivity contribution is 5.99. The third kappa shape index (κ3) is 4.48. The lowest BCUT2D eigenvalue weighted by Gasteiger charge is -2.33. The van der Waals surface area contributed by atoms with E-state index in [1.54, 1.807) is 41.3 Å². The first-order valence-electron chi connectivity index (χ1n) is 10.1. The van der Waals surface area contributed by atoms with Crippen molar-refractivity contribution in [2.45, 2.75) is 31.7 Å². The van der Waals surface area contributed by atoms with Gasteiger partial charge >= 0.3 is 0 Å². The van der Waals surface area contributed by atoms with Gasteiger partial charge in [-0.25, -0.2) is 4.39 Å². The number of morpholine rings is 1. The lowest BCUT2D eigenvalue weighted by atomic mass is 9.93. The van der Waals surface area contributed by atoms with E-state index in [1.807, 2.05) is 6.92 Å². The Morgan fingerprint density at radius 2 is 1.93 bits per heavy atom. The Morgan fingerprint density at radius 3 is 2.62 bits per heavy atom. The molecule has 0 bridgehead atoms.